The number of ether oxygens (including phenoxy) is 2. The van der Waals surface area contributed by atoms with Gasteiger partial charge in [0.1, 0.15) is 18.1 Å². The second-order valence-corrected chi connectivity index (χ2v) is 5.84. The van der Waals surface area contributed by atoms with E-state index in [4.69, 9.17) is 9.47 Å². The lowest BCUT2D eigenvalue weighted by molar-refractivity contribution is -0.115. The fourth-order valence-corrected chi connectivity index (χ4v) is 2.55. The van der Waals surface area contributed by atoms with Crippen LogP contribution in [0, 0.1) is 0 Å². The SMILES string of the molecule is COc1ccc(CC(=O)Nc2ccccc2OCc2ccccc2)cc1. The highest BCUT2D eigenvalue weighted by Crippen LogP contribution is 2.25. The molecule has 0 unspecified atom stereocenters. The van der Waals surface area contributed by atoms with E-state index in [2.05, 4.69) is 5.32 Å². The summed E-state index contributed by atoms with van der Waals surface area (Å²) in [6.45, 7) is 0.451. The summed E-state index contributed by atoms with van der Waals surface area (Å²) in [5.74, 6) is 1.33. The van der Waals surface area contributed by atoms with E-state index in [1.54, 1.807) is 7.11 Å². The molecule has 0 saturated heterocycles. The van der Waals surface area contributed by atoms with Gasteiger partial charge in [-0.25, -0.2) is 0 Å². The third-order valence-corrected chi connectivity index (χ3v) is 3.92. The van der Waals surface area contributed by atoms with E-state index in [1.807, 2.05) is 78.9 Å². The Bertz CT molecular complexity index is 845. The predicted molar refractivity (Wildman–Crippen MR) is 103 cm³/mol. The van der Waals surface area contributed by atoms with Crippen molar-refractivity contribution in [2.24, 2.45) is 0 Å². The molecule has 0 spiro atoms. The molecule has 0 aliphatic rings. The molecule has 3 rings (SSSR count). The van der Waals surface area contributed by atoms with Gasteiger partial charge in [-0.1, -0.05) is 54.6 Å². The van der Waals surface area contributed by atoms with Gasteiger partial charge in [-0.15, -0.1) is 0 Å². The first-order chi connectivity index (χ1) is 12.7. The molecule has 26 heavy (non-hydrogen) atoms. The van der Waals surface area contributed by atoms with Crippen LogP contribution in [-0.4, -0.2) is 13.0 Å². The number of nitrogens with one attached hydrogen (secondary N) is 1. The van der Waals surface area contributed by atoms with Crippen LogP contribution in [0.2, 0.25) is 0 Å². The monoisotopic (exact) mass is 347 g/mol. The van der Waals surface area contributed by atoms with E-state index < -0.39 is 0 Å². The predicted octanol–water partition coefficient (Wildman–Crippen LogP) is 4.46. The summed E-state index contributed by atoms with van der Waals surface area (Å²) in [5, 5.41) is 2.93. The first-order valence-electron chi connectivity index (χ1n) is 8.43. The normalized spacial score (nSPS) is 10.2. The zero-order valence-electron chi connectivity index (χ0n) is 14.6. The summed E-state index contributed by atoms with van der Waals surface area (Å²) in [4.78, 5) is 12.4. The second kappa shape index (κ2) is 8.72. The molecular formula is C22H21NO3. The fourth-order valence-electron chi connectivity index (χ4n) is 2.55. The Balaban J connectivity index is 1.62. The topological polar surface area (TPSA) is 47.6 Å². The first kappa shape index (κ1) is 17.5. The minimum Gasteiger partial charge on any atom is -0.497 e. The van der Waals surface area contributed by atoms with Gasteiger partial charge in [0.2, 0.25) is 5.91 Å². The highest BCUT2D eigenvalue weighted by atomic mass is 16.5. The lowest BCUT2D eigenvalue weighted by atomic mass is 10.1. The molecule has 3 aromatic carbocycles. The van der Waals surface area contributed by atoms with Crippen molar-refractivity contribution in [3.63, 3.8) is 0 Å². The van der Waals surface area contributed by atoms with Crippen LogP contribution in [-0.2, 0) is 17.8 Å². The molecule has 0 aromatic heterocycles. The van der Waals surface area contributed by atoms with Gasteiger partial charge < -0.3 is 14.8 Å². The third-order valence-electron chi connectivity index (χ3n) is 3.92. The van der Waals surface area contributed by atoms with Crippen molar-refractivity contribution >= 4 is 11.6 Å². The summed E-state index contributed by atoms with van der Waals surface area (Å²) in [5.41, 5.74) is 2.67. The van der Waals surface area contributed by atoms with Crippen LogP contribution in [0.5, 0.6) is 11.5 Å². The molecule has 0 saturated carbocycles. The first-order valence-corrected chi connectivity index (χ1v) is 8.43. The molecule has 0 heterocycles. The van der Waals surface area contributed by atoms with Gasteiger partial charge in [-0.2, -0.15) is 0 Å². The molecule has 1 amide bonds. The van der Waals surface area contributed by atoms with Crippen LogP contribution in [0.15, 0.2) is 78.9 Å². The fraction of sp³-hybridized carbons (Fsp3) is 0.136. The maximum Gasteiger partial charge on any atom is 0.228 e. The number of amides is 1. The number of carbonyl (C=O) groups is 1. The van der Waals surface area contributed by atoms with Crippen molar-refractivity contribution in [3.8, 4) is 11.5 Å². The minimum atomic E-state index is -0.0917. The quantitative estimate of drug-likeness (QED) is 0.687. The Labute approximate surface area is 153 Å². The number of hydrogen-bond acceptors (Lipinski definition) is 3. The Hall–Kier alpha value is -3.27. The van der Waals surface area contributed by atoms with Crippen LogP contribution in [0.25, 0.3) is 0 Å². The molecule has 4 heteroatoms. The molecule has 0 aliphatic heterocycles. The van der Waals surface area contributed by atoms with Crippen molar-refractivity contribution < 1.29 is 14.3 Å². The molecule has 0 fully saturated rings. The molecule has 3 aromatic rings. The van der Waals surface area contributed by atoms with Crippen LogP contribution >= 0.6 is 0 Å². The Morgan fingerprint density at radius 3 is 2.27 bits per heavy atom. The lowest BCUT2D eigenvalue weighted by Gasteiger charge is -2.12. The Morgan fingerprint density at radius 2 is 1.54 bits per heavy atom. The second-order valence-electron chi connectivity index (χ2n) is 5.84. The summed E-state index contributed by atoms with van der Waals surface area (Å²) in [6.07, 6.45) is 0.289. The molecule has 0 atom stereocenters. The number of hydrogen-bond donors (Lipinski definition) is 1. The number of rotatable bonds is 7. The summed E-state index contributed by atoms with van der Waals surface area (Å²) >= 11 is 0. The maximum absolute atomic E-state index is 12.4. The van der Waals surface area contributed by atoms with Gasteiger partial charge in [0.25, 0.3) is 0 Å². The average molecular weight is 347 g/mol. The standard InChI is InChI=1S/C22H21NO3/c1-25-19-13-11-17(12-14-19)15-22(24)23-20-9-5-6-10-21(20)26-16-18-7-3-2-4-8-18/h2-14H,15-16H2,1H3,(H,23,24). The van der Waals surface area contributed by atoms with Crippen molar-refractivity contribution in [1.82, 2.24) is 0 Å². The number of para-hydroxylation sites is 2. The Kier molecular flexibility index (Phi) is 5.88. The molecule has 1 N–H and O–H groups in total. The van der Waals surface area contributed by atoms with Crippen LogP contribution in [0.1, 0.15) is 11.1 Å². The maximum atomic E-state index is 12.4. The van der Waals surface area contributed by atoms with Crippen molar-refractivity contribution in [2.75, 3.05) is 12.4 Å². The zero-order valence-corrected chi connectivity index (χ0v) is 14.6. The molecule has 0 bridgehead atoms. The molecule has 4 nitrogen and oxygen atoms in total. The highest BCUT2D eigenvalue weighted by molar-refractivity contribution is 5.93. The summed E-state index contributed by atoms with van der Waals surface area (Å²) in [6, 6.07) is 24.8. The van der Waals surface area contributed by atoms with Gasteiger partial charge in [0.05, 0.1) is 19.2 Å². The van der Waals surface area contributed by atoms with Crippen LogP contribution in [0.3, 0.4) is 0 Å². The van der Waals surface area contributed by atoms with Gasteiger partial charge >= 0.3 is 0 Å². The van der Waals surface area contributed by atoms with E-state index >= 15 is 0 Å². The third kappa shape index (κ3) is 4.86. The van der Waals surface area contributed by atoms with E-state index in [9.17, 15) is 4.79 Å². The van der Waals surface area contributed by atoms with Crippen molar-refractivity contribution in [3.05, 3.63) is 90.0 Å². The molecule has 0 aliphatic carbocycles. The van der Waals surface area contributed by atoms with E-state index in [0.717, 1.165) is 16.9 Å². The van der Waals surface area contributed by atoms with Crippen molar-refractivity contribution in [1.29, 1.82) is 0 Å². The smallest absolute Gasteiger partial charge is 0.228 e. The Morgan fingerprint density at radius 1 is 0.846 bits per heavy atom. The number of benzene rings is 3. The van der Waals surface area contributed by atoms with E-state index in [0.29, 0.717) is 18.0 Å². The van der Waals surface area contributed by atoms with Crippen LogP contribution < -0.4 is 14.8 Å². The minimum absolute atomic E-state index is 0.0917. The largest absolute Gasteiger partial charge is 0.497 e. The van der Waals surface area contributed by atoms with Gasteiger partial charge in [0.15, 0.2) is 0 Å². The zero-order chi connectivity index (χ0) is 18.2. The van der Waals surface area contributed by atoms with Gasteiger partial charge in [-0.05, 0) is 35.4 Å². The summed E-state index contributed by atoms with van der Waals surface area (Å²) < 4.78 is 11.0. The lowest BCUT2D eigenvalue weighted by Crippen LogP contribution is -2.15. The van der Waals surface area contributed by atoms with Crippen molar-refractivity contribution in [2.45, 2.75) is 13.0 Å². The molecule has 132 valence electrons. The highest BCUT2D eigenvalue weighted by Gasteiger charge is 2.09. The number of carbonyl (C=O) groups excluding carboxylic acids is 1. The van der Waals surface area contributed by atoms with E-state index in [1.165, 1.54) is 0 Å². The molecule has 0 radical (unpaired) electrons. The van der Waals surface area contributed by atoms with E-state index in [-0.39, 0.29) is 12.3 Å². The molecular weight excluding hydrogens is 326 g/mol. The van der Waals surface area contributed by atoms with Gasteiger partial charge in [-0.3, -0.25) is 4.79 Å². The average Bonchev–Trinajstić information content (AvgIpc) is 2.68. The van der Waals surface area contributed by atoms with Gasteiger partial charge in [0, 0.05) is 0 Å². The number of methoxy groups -OCH3 is 1. The van der Waals surface area contributed by atoms with Crippen LogP contribution in [0.4, 0.5) is 5.69 Å². The summed E-state index contributed by atoms with van der Waals surface area (Å²) in [7, 11) is 1.62. The number of anilines is 1.